The lowest BCUT2D eigenvalue weighted by atomic mass is 10.2. The van der Waals surface area contributed by atoms with Crippen LogP contribution in [0.15, 0.2) is 29.3 Å². The van der Waals surface area contributed by atoms with Gasteiger partial charge in [-0.15, -0.1) is 24.0 Å². The number of carbonyl (C=O) groups excluding carboxylic acids is 1. The van der Waals surface area contributed by atoms with E-state index in [1.165, 1.54) is 0 Å². The Labute approximate surface area is 168 Å². The number of nitrogens with zero attached hydrogens (tertiary/aromatic N) is 1. The maximum absolute atomic E-state index is 11.7. The Bertz CT molecular complexity index is 531. The quantitative estimate of drug-likeness (QED) is 0.284. The molecule has 0 aromatic heterocycles. The summed E-state index contributed by atoms with van der Waals surface area (Å²) in [4.78, 5) is 16.3. The van der Waals surface area contributed by atoms with Crippen molar-refractivity contribution in [3.63, 3.8) is 0 Å². The van der Waals surface area contributed by atoms with Crippen molar-refractivity contribution in [2.45, 2.75) is 59.7 Å². The highest BCUT2D eigenvalue weighted by atomic mass is 127. The summed E-state index contributed by atoms with van der Waals surface area (Å²) in [7, 11) is 0. The van der Waals surface area contributed by atoms with Crippen LogP contribution in [-0.4, -0.2) is 30.6 Å². The third-order valence-corrected chi connectivity index (χ3v) is 3.39. The van der Waals surface area contributed by atoms with Crippen molar-refractivity contribution < 1.29 is 4.79 Å². The molecule has 0 saturated carbocycles. The van der Waals surface area contributed by atoms with E-state index in [2.05, 4.69) is 47.0 Å². The molecule has 0 aliphatic rings. The summed E-state index contributed by atoms with van der Waals surface area (Å²) in [5.41, 5.74) is 1.86. The normalized spacial score (nSPS) is 12.2. The fourth-order valence-electron chi connectivity index (χ4n) is 1.95. The van der Waals surface area contributed by atoms with Crippen LogP contribution >= 0.6 is 24.0 Å². The minimum Gasteiger partial charge on any atom is -0.357 e. The molecule has 6 nitrogen and oxygen atoms in total. The highest BCUT2D eigenvalue weighted by Gasteiger charge is 2.04. The number of halogens is 1. The van der Waals surface area contributed by atoms with Gasteiger partial charge >= 0.3 is 6.03 Å². The van der Waals surface area contributed by atoms with E-state index in [1.54, 1.807) is 0 Å². The van der Waals surface area contributed by atoms with Gasteiger partial charge in [0, 0.05) is 24.3 Å². The zero-order chi connectivity index (χ0) is 17.9. The predicted octanol–water partition coefficient (Wildman–Crippen LogP) is 3.69. The summed E-state index contributed by atoms with van der Waals surface area (Å²) in [6, 6.07) is 8.03. The number of hydrogen-bond donors (Lipinski definition) is 4. The molecule has 1 unspecified atom stereocenters. The molecule has 7 heteroatoms. The summed E-state index contributed by atoms with van der Waals surface area (Å²) in [5.74, 6) is 0.824. The molecule has 1 atom stereocenters. The molecule has 0 spiro atoms. The van der Waals surface area contributed by atoms with Crippen LogP contribution in [0.5, 0.6) is 0 Å². The number of benzene rings is 1. The highest BCUT2D eigenvalue weighted by molar-refractivity contribution is 14.0. The molecule has 1 rings (SSSR count). The van der Waals surface area contributed by atoms with Gasteiger partial charge in [0.1, 0.15) is 0 Å². The topological polar surface area (TPSA) is 77.5 Å². The fraction of sp³-hybridized carbons (Fsp3) is 0.556. The Morgan fingerprint density at radius 2 is 1.72 bits per heavy atom. The van der Waals surface area contributed by atoms with Crippen LogP contribution in [0.25, 0.3) is 0 Å². The van der Waals surface area contributed by atoms with Gasteiger partial charge < -0.3 is 21.3 Å². The molecule has 25 heavy (non-hydrogen) atoms. The molecule has 2 amide bonds. The summed E-state index contributed by atoms with van der Waals surface area (Å²) >= 11 is 0. The number of carbonyl (C=O) groups is 1. The van der Waals surface area contributed by atoms with Crippen molar-refractivity contribution in [3.05, 3.63) is 29.8 Å². The van der Waals surface area contributed by atoms with Gasteiger partial charge in [0.25, 0.3) is 0 Å². The largest absolute Gasteiger partial charge is 0.357 e. The van der Waals surface area contributed by atoms with Crippen molar-refractivity contribution >= 4 is 41.7 Å². The second-order valence-electron chi connectivity index (χ2n) is 6.10. The molecular formula is C18H32IN5O. The van der Waals surface area contributed by atoms with E-state index < -0.39 is 0 Å². The number of amides is 2. The van der Waals surface area contributed by atoms with E-state index in [4.69, 9.17) is 0 Å². The minimum atomic E-state index is -0.192. The maximum atomic E-state index is 11.7. The smallest absolute Gasteiger partial charge is 0.319 e. The van der Waals surface area contributed by atoms with Crippen LogP contribution in [0.1, 0.15) is 46.6 Å². The van der Waals surface area contributed by atoms with E-state index in [0.717, 1.165) is 30.2 Å². The number of aliphatic imine (C=N–C) groups is 1. The van der Waals surface area contributed by atoms with Crippen molar-refractivity contribution in [3.8, 4) is 0 Å². The van der Waals surface area contributed by atoms with Crippen LogP contribution in [0, 0.1) is 0 Å². The molecule has 0 bridgehead atoms. The number of urea groups is 1. The van der Waals surface area contributed by atoms with Gasteiger partial charge in [0.15, 0.2) is 5.96 Å². The van der Waals surface area contributed by atoms with Crippen LogP contribution in [-0.2, 0) is 6.54 Å². The molecule has 0 fully saturated rings. The fourth-order valence-corrected chi connectivity index (χ4v) is 1.95. The Kier molecular flexibility index (Phi) is 12.0. The van der Waals surface area contributed by atoms with Gasteiger partial charge in [-0.1, -0.05) is 19.1 Å². The molecule has 0 aliphatic carbocycles. The number of nitrogens with one attached hydrogen (secondary N) is 4. The van der Waals surface area contributed by atoms with Crippen molar-refractivity contribution in [1.29, 1.82) is 0 Å². The zero-order valence-corrected chi connectivity index (χ0v) is 18.2. The van der Waals surface area contributed by atoms with Gasteiger partial charge in [0.05, 0.1) is 6.54 Å². The first-order valence-corrected chi connectivity index (χ1v) is 8.65. The summed E-state index contributed by atoms with van der Waals surface area (Å²) < 4.78 is 0. The van der Waals surface area contributed by atoms with E-state index >= 15 is 0 Å². The standard InChI is InChI=1S/C18H31N5O.HI/c1-6-14(5)22-17(19-7-2)20-12-15-8-10-16(11-9-15)23-18(24)21-13(3)4;/h8-11,13-14H,6-7,12H2,1-5H3,(H2,19,20,22)(H2,21,23,24);1H. The summed E-state index contributed by atoms with van der Waals surface area (Å²) in [6.45, 7) is 11.6. The van der Waals surface area contributed by atoms with Gasteiger partial charge in [-0.25, -0.2) is 9.79 Å². The Morgan fingerprint density at radius 3 is 2.24 bits per heavy atom. The van der Waals surface area contributed by atoms with Gasteiger partial charge in [-0.05, 0) is 51.8 Å². The lowest BCUT2D eigenvalue weighted by molar-refractivity contribution is 0.250. The van der Waals surface area contributed by atoms with Crippen LogP contribution < -0.4 is 21.3 Å². The first-order valence-electron chi connectivity index (χ1n) is 8.65. The third kappa shape index (κ3) is 10.2. The summed E-state index contributed by atoms with van der Waals surface area (Å²) in [5, 5.41) is 12.2. The summed E-state index contributed by atoms with van der Waals surface area (Å²) in [6.07, 6.45) is 1.04. The zero-order valence-electron chi connectivity index (χ0n) is 15.8. The third-order valence-electron chi connectivity index (χ3n) is 3.39. The second kappa shape index (κ2) is 12.8. The minimum absolute atomic E-state index is 0. The lowest BCUT2D eigenvalue weighted by Crippen LogP contribution is -2.41. The van der Waals surface area contributed by atoms with Crippen LogP contribution in [0.2, 0.25) is 0 Å². The van der Waals surface area contributed by atoms with Gasteiger partial charge in [-0.3, -0.25) is 0 Å². The van der Waals surface area contributed by atoms with E-state index in [9.17, 15) is 4.79 Å². The Balaban J connectivity index is 0.00000576. The number of hydrogen-bond acceptors (Lipinski definition) is 2. The van der Waals surface area contributed by atoms with Crippen LogP contribution in [0.3, 0.4) is 0 Å². The molecule has 0 heterocycles. The number of rotatable bonds is 7. The number of guanidine groups is 1. The van der Waals surface area contributed by atoms with E-state index in [0.29, 0.717) is 12.6 Å². The van der Waals surface area contributed by atoms with Crippen LogP contribution in [0.4, 0.5) is 10.5 Å². The maximum Gasteiger partial charge on any atom is 0.319 e. The average Bonchev–Trinajstić information content (AvgIpc) is 2.53. The van der Waals surface area contributed by atoms with Gasteiger partial charge in [0.2, 0.25) is 0 Å². The molecular weight excluding hydrogens is 429 g/mol. The molecule has 1 aromatic rings. The first kappa shape index (κ1) is 23.5. The van der Waals surface area contributed by atoms with Crippen molar-refractivity contribution in [2.24, 2.45) is 4.99 Å². The molecule has 0 aliphatic heterocycles. The molecule has 142 valence electrons. The second-order valence-corrected chi connectivity index (χ2v) is 6.10. The van der Waals surface area contributed by atoms with Crippen molar-refractivity contribution in [2.75, 3.05) is 11.9 Å². The highest BCUT2D eigenvalue weighted by Crippen LogP contribution is 2.10. The average molecular weight is 461 g/mol. The lowest BCUT2D eigenvalue weighted by Gasteiger charge is -2.16. The SMILES string of the molecule is CCNC(=NCc1ccc(NC(=O)NC(C)C)cc1)NC(C)CC.I. The van der Waals surface area contributed by atoms with Crippen molar-refractivity contribution in [1.82, 2.24) is 16.0 Å². The monoisotopic (exact) mass is 461 g/mol. The molecule has 0 radical (unpaired) electrons. The van der Waals surface area contributed by atoms with Gasteiger partial charge in [-0.2, -0.15) is 0 Å². The van der Waals surface area contributed by atoms with E-state index in [1.807, 2.05) is 38.1 Å². The molecule has 0 saturated heterocycles. The molecule has 1 aromatic carbocycles. The first-order chi connectivity index (χ1) is 11.4. The predicted molar refractivity (Wildman–Crippen MR) is 117 cm³/mol. The Morgan fingerprint density at radius 1 is 1.08 bits per heavy atom. The Hall–Kier alpha value is -1.51. The van der Waals surface area contributed by atoms with E-state index in [-0.39, 0.29) is 36.0 Å². The number of anilines is 1. The molecule has 4 N–H and O–H groups in total.